The average molecular weight is 386 g/mol. The monoisotopic (exact) mass is 386 g/mol. The van der Waals surface area contributed by atoms with Gasteiger partial charge in [0.05, 0.1) is 42.1 Å². The molecule has 1 aromatic rings. The van der Waals surface area contributed by atoms with Gasteiger partial charge in [0.2, 0.25) is 0 Å². The molecule has 9 heteroatoms. The van der Waals surface area contributed by atoms with Crippen molar-refractivity contribution >= 4 is 22.6 Å². The van der Waals surface area contributed by atoms with E-state index in [0.717, 1.165) is 9.13 Å². The molecule has 0 saturated carbocycles. The van der Waals surface area contributed by atoms with Crippen LogP contribution in [-0.2, 0) is 13.1 Å². The van der Waals surface area contributed by atoms with Crippen molar-refractivity contribution in [2.45, 2.75) is 25.3 Å². The zero-order valence-corrected chi connectivity index (χ0v) is 12.1. The van der Waals surface area contributed by atoms with Gasteiger partial charge in [0.15, 0.2) is 0 Å². The highest BCUT2D eigenvalue weighted by Crippen LogP contribution is 1.97. The molecule has 0 bridgehead atoms. The van der Waals surface area contributed by atoms with E-state index in [1.54, 1.807) is 22.6 Å². The van der Waals surface area contributed by atoms with Gasteiger partial charge in [-0.15, -0.1) is 0 Å². The molecule has 2 atom stereocenters. The van der Waals surface area contributed by atoms with Crippen LogP contribution in [-0.4, -0.2) is 55.0 Å². The predicted octanol–water partition coefficient (Wildman–Crippen LogP) is -2.68. The summed E-state index contributed by atoms with van der Waals surface area (Å²) in [6.07, 6.45) is -1.08. The predicted molar refractivity (Wildman–Crippen MR) is 73.9 cm³/mol. The molecule has 0 aliphatic rings. The van der Waals surface area contributed by atoms with Gasteiger partial charge in [-0.1, -0.05) is 0 Å². The van der Waals surface area contributed by atoms with Gasteiger partial charge in [0, 0.05) is 6.20 Å². The fourth-order valence-corrected chi connectivity index (χ4v) is 2.09. The highest BCUT2D eigenvalue weighted by Gasteiger charge is 2.14. The Kier molecular flexibility index (Phi) is 6.13. The number of halogens is 1. The van der Waals surface area contributed by atoms with Gasteiger partial charge in [-0.3, -0.25) is 13.9 Å². The van der Waals surface area contributed by atoms with Gasteiger partial charge in [-0.25, -0.2) is 4.79 Å². The molecule has 0 aromatic carbocycles. The molecule has 0 fully saturated rings. The first-order chi connectivity index (χ1) is 8.90. The van der Waals surface area contributed by atoms with Gasteiger partial charge >= 0.3 is 5.69 Å². The van der Waals surface area contributed by atoms with Crippen LogP contribution in [0.3, 0.4) is 0 Å². The summed E-state index contributed by atoms with van der Waals surface area (Å²) >= 11 is 1.73. The lowest BCUT2D eigenvalue weighted by atomic mass is 10.3. The molecule has 0 aliphatic heterocycles. The Hall–Kier alpha value is -0.750. The first-order valence-corrected chi connectivity index (χ1v) is 6.56. The largest absolute Gasteiger partial charge is 0.394 e. The number of hydrogen-bond donors (Lipinski definition) is 4. The SMILES string of the molecule is O=c1c(I)cn(CC(O)CO)c(=O)n1CC(O)CO. The van der Waals surface area contributed by atoms with Gasteiger partial charge in [-0.05, 0) is 22.6 Å². The summed E-state index contributed by atoms with van der Waals surface area (Å²) in [5.74, 6) is 0. The quantitative estimate of drug-likeness (QED) is 0.395. The Balaban J connectivity index is 3.23. The van der Waals surface area contributed by atoms with E-state index in [0.29, 0.717) is 0 Å². The van der Waals surface area contributed by atoms with Crippen molar-refractivity contribution in [1.82, 2.24) is 9.13 Å². The lowest BCUT2D eigenvalue weighted by molar-refractivity contribution is 0.0734. The topological polar surface area (TPSA) is 125 Å². The Labute approximate surface area is 121 Å². The fraction of sp³-hybridized carbons (Fsp3) is 0.600. The molecule has 19 heavy (non-hydrogen) atoms. The van der Waals surface area contributed by atoms with Crippen LogP contribution in [0.5, 0.6) is 0 Å². The number of rotatable bonds is 6. The van der Waals surface area contributed by atoms with Gasteiger partial charge in [-0.2, -0.15) is 0 Å². The molecule has 4 N–H and O–H groups in total. The Bertz CT molecular complexity index is 540. The van der Waals surface area contributed by atoms with Crippen molar-refractivity contribution in [3.05, 3.63) is 30.6 Å². The fourth-order valence-electron chi connectivity index (χ4n) is 1.46. The van der Waals surface area contributed by atoms with Crippen molar-refractivity contribution in [1.29, 1.82) is 0 Å². The molecule has 1 aromatic heterocycles. The molecule has 0 spiro atoms. The number of nitrogens with zero attached hydrogens (tertiary/aromatic N) is 2. The first-order valence-electron chi connectivity index (χ1n) is 5.48. The maximum Gasteiger partial charge on any atom is 0.331 e. The normalized spacial score (nSPS) is 14.4. The smallest absolute Gasteiger partial charge is 0.331 e. The first kappa shape index (κ1) is 16.3. The third-order valence-electron chi connectivity index (χ3n) is 2.42. The van der Waals surface area contributed by atoms with Gasteiger partial charge in [0.1, 0.15) is 0 Å². The Morgan fingerprint density at radius 1 is 1.11 bits per heavy atom. The molecule has 2 unspecified atom stereocenters. The van der Waals surface area contributed by atoms with Crippen molar-refractivity contribution < 1.29 is 20.4 Å². The van der Waals surface area contributed by atoms with Crippen LogP contribution in [0.25, 0.3) is 0 Å². The standard InChI is InChI=1S/C10H15IN2O6/c11-8-3-12(1-6(16)4-14)10(19)13(9(8)18)2-7(17)5-15/h3,6-7,14-17H,1-2,4-5H2. The van der Waals surface area contributed by atoms with E-state index < -0.39 is 36.7 Å². The summed E-state index contributed by atoms with van der Waals surface area (Å²) in [5, 5.41) is 36.2. The highest BCUT2D eigenvalue weighted by molar-refractivity contribution is 14.1. The van der Waals surface area contributed by atoms with Crippen LogP contribution in [0.2, 0.25) is 0 Å². The highest BCUT2D eigenvalue weighted by atomic mass is 127. The second-order valence-electron chi connectivity index (χ2n) is 4.00. The van der Waals surface area contributed by atoms with Crippen LogP contribution in [0.4, 0.5) is 0 Å². The number of aliphatic hydroxyl groups excluding tert-OH is 4. The summed E-state index contributed by atoms with van der Waals surface area (Å²) in [6.45, 7) is -1.58. The molecule has 0 saturated heterocycles. The summed E-state index contributed by atoms with van der Waals surface area (Å²) in [5.41, 5.74) is -1.29. The Morgan fingerprint density at radius 2 is 1.63 bits per heavy atom. The number of aromatic nitrogens is 2. The molecule has 0 radical (unpaired) electrons. The molecule has 108 valence electrons. The minimum atomic E-state index is -1.22. The summed E-state index contributed by atoms with van der Waals surface area (Å²) in [6, 6.07) is 0. The maximum atomic E-state index is 12.0. The van der Waals surface area contributed by atoms with Crippen molar-refractivity contribution in [2.24, 2.45) is 0 Å². The molecular formula is C10H15IN2O6. The third-order valence-corrected chi connectivity index (χ3v) is 3.16. The minimum Gasteiger partial charge on any atom is -0.394 e. The third kappa shape index (κ3) is 4.11. The van der Waals surface area contributed by atoms with E-state index in [1.165, 1.54) is 6.20 Å². The van der Waals surface area contributed by atoms with Crippen LogP contribution >= 0.6 is 22.6 Å². The van der Waals surface area contributed by atoms with Crippen molar-refractivity contribution in [3.63, 3.8) is 0 Å². The average Bonchev–Trinajstić information content (AvgIpc) is 2.40. The van der Waals surface area contributed by atoms with E-state index in [1.807, 2.05) is 0 Å². The lowest BCUT2D eigenvalue weighted by Crippen LogP contribution is -2.45. The van der Waals surface area contributed by atoms with E-state index in [2.05, 4.69) is 0 Å². The second-order valence-corrected chi connectivity index (χ2v) is 5.16. The molecule has 1 heterocycles. The number of aliphatic hydroxyl groups is 4. The lowest BCUT2D eigenvalue weighted by Gasteiger charge is -2.14. The van der Waals surface area contributed by atoms with Crippen LogP contribution < -0.4 is 11.2 Å². The van der Waals surface area contributed by atoms with Crippen LogP contribution in [0.1, 0.15) is 0 Å². The molecule has 0 aliphatic carbocycles. The Morgan fingerprint density at radius 3 is 2.16 bits per heavy atom. The summed E-state index contributed by atoms with van der Waals surface area (Å²) < 4.78 is 2.09. The maximum absolute atomic E-state index is 12.0. The zero-order chi connectivity index (χ0) is 14.6. The van der Waals surface area contributed by atoms with Crippen molar-refractivity contribution in [2.75, 3.05) is 13.2 Å². The van der Waals surface area contributed by atoms with E-state index >= 15 is 0 Å². The molecule has 1 rings (SSSR count). The van der Waals surface area contributed by atoms with E-state index in [-0.39, 0.29) is 16.7 Å². The molecule has 0 amide bonds. The van der Waals surface area contributed by atoms with E-state index in [9.17, 15) is 19.8 Å². The zero-order valence-electron chi connectivity index (χ0n) is 9.94. The van der Waals surface area contributed by atoms with E-state index in [4.69, 9.17) is 10.2 Å². The van der Waals surface area contributed by atoms with Crippen LogP contribution in [0, 0.1) is 3.57 Å². The van der Waals surface area contributed by atoms with Gasteiger partial charge < -0.3 is 20.4 Å². The van der Waals surface area contributed by atoms with Crippen LogP contribution in [0.15, 0.2) is 15.8 Å². The molecule has 8 nitrogen and oxygen atoms in total. The number of hydrogen-bond acceptors (Lipinski definition) is 6. The molecular weight excluding hydrogens is 371 g/mol. The van der Waals surface area contributed by atoms with Gasteiger partial charge in [0.25, 0.3) is 5.56 Å². The summed E-state index contributed by atoms with van der Waals surface area (Å²) in [7, 11) is 0. The minimum absolute atomic E-state index is 0.166. The second kappa shape index (κ2) is 7.14. The van der Waals surface area contributed by atoms with Crippen molar-refractivity contribution in [3.8, 4) is 0 Å². The summed E-state index contributed by atoms with van der Waals surface area (Å²) in [4.78, 5) is 23.8.